The lowest BCUT2D eigenvalue weighted by molar-refractivity contribution is -0.120. The first-order valence-corrected chi connectivity index (χ1v) is 4.79. The van der Waals surface area contributed by atoms with Crippen molar-refractivity contribution in [3.05, 3.63) is 40.3 Å². The predicted octanol–water partition coefficient (Wildman–Crippen LogP) is 0.289. The lowest BCUT2D eigenvalue weighted by atomic mass is 10.0. The Balaban J connectivity index is 2.37. The highest BCUT2D eigenvalue weighted by Crippen LogP contribution is 2.18. The number of nitrogens with zero attached hydrogens (tertiary/aromatic N) is 1. The first-order chi connectivity index (χ1) is 7.16. The van der Waals surface area contributed by atoms with Crippen molar-refractivity contribution in [2.45, 2.75) is 6.42 Å². The number of hydrogen-bond donors (Lipinski definition) is 1. The van der Waals surface area contributed by atoms with Crippen molar-refractivity contribution in [2.75, 3.05) is 6.54 Å². The summed E-state index contributed by atoms with van der Waals surface area (Å²) in [6, 6.07) is 3.41. The Morgan fingerprint density at radius 2 is 2.20 bits per heavy atom. The van der Waals surface area contributed by atoms with Gasteiger partial charge in [0.15, 0.2) is 0 Å². The van der Waals surface area contributed by atoms with Gasteiger partial charge < -0.3 is 9.88 Å². The summed E-state index contributed by atoms with van der Waals surface area (Å²) in [5, 5.41) is 2.71. The van der Waals surface area contributed by atoms with Gasteiger partial charge >= 0.3 is 0 Å². The second kappa shape index (κ2) is 3.73. The molecular weight excluding hydrogens is 192 g/mol. The Morgan fingerprint density at radius 1 is 1.40 bits per heavy atom. The molecule has 1 N–H and O–H groups in total. The van der Waals surface area contributed by atoms with Crippen LogP contribution in [0.1, 0.15) is 12.0 Å². The van der Waals surface area contributed by atoms with E-state index < -0.39 is 0 Å². The molecule has 0 spiro atoms. The van der Waals surface area contributed by atoms with Crippen LogP contribution in [0.4, 0.5) is 0 Å². The molecule has 1 aromatic rings. The van der Waals surface area contributed by atoms with Crippen LogP contribution in [-0.2, 0) is 11.8 Å². The molecular formula is C11H12N2O2. The third kappa shape index (κ3) is 1.98. The van der Waals surface area contributed by atoms with Gasteiger partial charge in [-0.15, -0.1) is 0 Å². The maximum absolute atomic E-state index is 11.4. The van der Waals surface area contributed by atoms with E-state index >= 15 is 0 Å². The normalized spacial score (nSPS) is 15.8. The Morgan fingerprint density at radius 3 is 2.87 bits per heavy atom. The third-order valence-corrected chi connectivity index (χ3v) is 2.47. The molecule has 1 aliphatic rings. The lowest BCUT2D eigenvalue weighted by Crippen LogP contribution is -2.27. The maximum atomic E-state index is 11.4. The lowest BCUT2D eigenvalue weighted by Gasteiger charge is -2.13. The summed E-state index contributed by atoms with van der Waals surface area (Å²) in [4.78, 5) is 22.6. The van der Waals surface area contributed by atoms with Crippen LogP contribution in [0.25, 0.3) is 5.57 Å². The van der Waals surface area contributed by atoms with Crippen molar-refractivity contribution < 1.29 is 4.79 Å². The van der Waals surface area contributed by atoms with Crippen molar-refractivity contribution in [1.82, 2.24) is 9.88 Å². The molecule has 0 saturated carbocycles. The molecule has 4 nitrogen and oxygen atoms in total. The molecule has 1 aromatic heterocycles. The first kappa shape index (κ1) is 9.71. The average Bonchev–Trinajstić information content (AvgIpc) is 2.22. The predicted molar refractivity (Wildman–Crippen MR) is 57.3 cm³/mol. The Kier molecular flexibility index (Phi) is 2.41. The zero-order valence-electron chi connectivity index (χ0n) is 8.49. The molecule has 4 heteroatoms. The zero-order chi connectivity index (χ0) is 10.8. The molecule has 0 atom stereocenters. The van der Waals surface area contributed by atoms with Crippen molar-refractivity contribution in [3.8, 4) is 0 Å². The van der Waals surface area contributed by atoms with Gasteiger partial charge in [0.25, 0.3) is 5.56 Å². The molecule has 0 saturated heterocycles. The van der Waals surface area contributed by atoms with Gasteiger partial charge in [-0.3, -0.25) is 9.59 Å². The highest BCUT2D eigenvalue weighted by atomic mass is 16.1. The van der Waals surface area contributed by atoms with Crippen LogP contribution in [0, 0.1) is 0 Å². The van der Waals surface area contributed by atoms with Crippen molar-refractivity contribution in [3.63, 3.8) is 0 Å². The minimum Gasteiger partial charge on any atom is -0.352 e. The molecule has 15 heavy (non-hydrogen) atoms. The van der Waals surface area contributed by atoms with E-state index in [1.54, 1.807) is 19.3 Å². The van der Waals surface area contributed by atoms with Gasteiger partial charge in [0.1, 0.15) is 0 Å². The molecule has 0 unspecified atom stereocenters. The van der Waals surface area contributed by atoms with Crippen molar-refractivity contribution in [2.24, 2.45) is 7.05 Å². The average molecular weight is 204 g/mol. The fourth-order valence-electron chi connectivity index (χ4n) is 1.56. The van der Waals surface area contributed by atoms with Crippen LogP contribution in [0.15, 0.2) is 29.2 Å². The van der Waals surface area contributed by atoms with Crippen molar-refractivity contribution in [1.29, 1.82) is 0 Å². The van der Waals surface area contributed by atoms with E-state index in [2.05, 4.69) is 5.32 Å². The summed E-state index contributed by atoms with van der Waals surface area (Å²) in [5.41, 5.74) is 1.71. The number of carbonyl (C=O) groups excluding carboxylic acids is 1. The van der Waals surface area contributed by atoms with E-state index in [4.69, 9.17) is 0 Å². The molecule has 0 fully saturated rings. The summed E-state index contributed by atoms with van der Waals surface area (Å²) >= 11 is 0. The second-order valence-electron chi connectivity index (χ2n) is 3.57. The number of nitrogens with one attached hydrogen (secondary N) is 1. The zero-order valence-corrected chi connectivity index (χ0v) is 8.49. The van der Waals surface area contributed by atoms with Crippen LogP contribution in [0.3, 0.4) is 0 Å². The number of aryl methyl sites for hydroxylation is 1. The fourth-order valence-corrected chi connectivity index (χ4v) is 1.56. The summed E-state index contributed by atoms with van der Waals surface area (Å²) < 4.78 is 1.51. The number of rotatable bonds is 1. The molecule has 78 valence electrons. The number of amides is 1. The Labute approximate surface area is 87.2 Å². The van der Waals surface area contributed by atoms with Gasteiger partial charge in [-0.1, -0.05) is 6.08 Å². The van der Waals surface area contributed by atoms with E-state index in [0.717, 1.165) is 11.1 Å². The molecule has 1 aliphatic heterocycles. The molecule has 2 heterocycles. The van der Waals surface area contributed by atoms with Gasteiger partial charge in [0, 0.05) is 25.9 Å². The molecule has 1 amide bonds. The van der Waals surface area contributed by atoms with E-state index in [-0.39, 0.29) is 11.5 Å². The fraction of sp³-hybridized carbons (Fsp3) is 0.273. The van der Waals surface area contributed by atoms with E-state index in [9.17, 15) is 9.59 Å². The highest BCUT2D eigenvalue weighted by molar-refractivity contribution is 5.90. The topological polar surface area (TPSA) is 51.1 Å². The number of carbonyl (C=O) groups is 1. The number of pyridine rings is 1. The summed E-state index contributed by atoms with van der Waals surface area (Å²) in [6.45, 7) is 0.545. The van der Waals surface area contributed by atoms with E-state index in [1.807, 2.05) is 12.1 Å². The van der Waals surface area contributed by atoms with E-state index in [1.165, 1.54) is 4.57 Å². The van der Waals surface area contributed by atoms with Crippen LogP contribution < -0.4 is 10.9 Å². The molecule has 0 aromatic carbocycles. The maximum Gasteiger partial charge on any atom is 0.250 e. The standard InChI is InChI=1S/C11H12N2O2/c1-13-5-3-9(7-11(13)15)8-2-4-12-10(14)6-8/h2-3,5,7H,4,6H2,1H3,(H,12,14). The Hall–Kier alpha value is -1.84. The van der Waals surface area contributed by atoms with Crippen molar-refractivity contribution >= 4 is 11.5 Å². The van der Waals surface area contributed by atoms with Gasteiger partial charge in [0.05, 0.1) is 6.42 Å². The largest absolute Gasteiger partial charge is 0.352 e. The van der Waals surface area contributed by atoms with Crippen LogP contribution in [0.2, 0.25) is 0 Å². The summed E-state index contributed by atoms with van der Waals surface area (Å²) in [7, 11) is 1.70. The van der Waals surface area contributed by atoms with Crippen LogP contribution in [0.5, 0.6) is 0 Å². The monoisotopic (exact) mass is 204 g/mol. The minimum absolute atomic E-state index is 0.00757. The molecule has 0 bridgehead atoms. The van der Waals surface area contributed by atoms with E-state index in [0.29, 0.717) is 13.0 Å². The second-order valence-corrected chi connectivity index (χ2v) is 3.57. The van der Waals surface area contributed by atoms with Gasteiger partial charge in [-0.25, -0.2) is 0 Å². The highest BCUT2D eigenvalue weighted by Gasteiger charge is 2.12. The SMILES string of the molecule is Cn1ccc(C2=CCNC(=O)C2)cc1=O. The minimum atomic E-state index is -0.0561. The number of hydrogen-bond acceptors (Lipinski definition) is 2. The number of aromatic nitrogens is 1. The molecule has 2 rings (SSSR count). The first-order valence-electron chi connectivity index (χ1n) is 4.79. The Bertz CT molecular complexity index is 486. The molecule has 0 aliphatic carbocycles. The summed E-state index contributed by atoms with van der Waals surface area (Å²) in [5.74, 6) is 0.00757. The quantitative estimate of drug-likeness (QED) is 0.714. The van der Waals surface area contributed by atoms with Gasteiger partial charge in [-0.05, 0) is 17.2 Å². The molecule has 0 radical (unpaired) electrons. The summed E-state index contributed by atoms with van der Waals surface area (Å²) in [6.07, 6.45) is 4.01. The van der Waals surface area contributed by atoms with Crippen LogP contribution in [-0.4, -0.2) is 17.0 Å². The third-order valence-electron chi connectivity index (χ3n) is 2.47. The van der Waals surface area contributed by atoms with Gasteiger partial charge in [0.2, 0.25) is 5.91 Å². The van der Waals surface area contributed by atoms with Crippen LogP contribution >= 0.6 is 0 Å². The van der Waals surface area contributed by atoms with Gasteiger partial charge in [-0.2, -0.15) is 0 Å². The smallest absolute Gasteiger partial charge is 0.250 e.